The van der Waals surface area contributed by atoms with E-state index in [0.717, 1.165) is 17.0 Å². The number of nitrogens with zero attached hydrogens (tertiary/aromatic N) is 2. The monoisotopic (exact) mass is 351 g/mol. The van der Waals surface area contributed by atoms with E-state index in [4.69, 9.17) is 10.8 Å². The van der Waals surface area contributed by atoms with Gasteiger partial charge in [0.25, 0.3) is 0 Å². The summed E-state index contributed by atoms with van der Waals surface area (Å²) in [7, 11) is 0. The third-order valence-electron chi connectivity index (χ3n) is 2.52. The summed E-state index contributed by atoms with van der Waals surface area (Å²) in [5, 5.41) is 8.72. The number of rotatable bonds is 4. The molecule has 0 amide bonds. The molecule has 8 heteroatoms. The minimum Gasteiger partial charge on any atom is -0.480 e. The highest BCUT2D eigenvalue weighted by Gasteiger charge is 2.12. The van der Waals surface area contributed by atoms with Gasteiger partial charge in [0.15, 0.2) is 0 Å². The maximum Gasteiger partial charge on any atom is 0.320 e. The third kappa shape index (κ3) is 6.27. The average Bonchev–Trinajstić information content (AvgIpc) is 2.40. The first-order valence-electron chi connectivity index (χ1n) is 5.51. The molecule has 2 heterocycles. The fourth-order valence-electron chi connectivity index (χ4n) is 1.55. The smallest absolute Gasteiger partial charge is 0.320 e. The minimum atomic E-state index is -1.01. The Bertz CT molecular complexity index is 538. The first-order valence-corrected chi connectivity index (χ1v) is 5.51. The second-order valence-corrected chi connectivity index (χ2v) is 3.92. The van der Waals surface area contributed by atoms with Gasteiger partial charge in [-0.15, -0.1) is 37.2 Å². The molecule has 0 aliphatic carbocycles. The molecule has 0 aliphatic heterocycles. The number of carboxylic acid groups (broad SMARTS) is 1. The normalized spacial score (nSPS) is 10.3. The molecule has 2 rings (SSSR count). The summed E-state index contributed by atoms with van der Waals surface area (Å²) < 4.78 is 0. The molecular weight excluding hydrogens is 337 g/mol. The number of pyridine rings is 2. The van der Waals surface area contributed by atoms with Crippen LogP contribution in [0.15, 0.2) is 42.7 Å². The van der Waals surface area contributed by atoms with Crippen molar-refractivity contribution in [2.75, 3.05) is 0 Å². The Morgan fingerprint density at radius 2 is 1.76 bits per heavy atom. The van der Waals surface area contributed by atoms with Crippen LogP contribution in [0.2, 0.25) is 0 Å². The predicted molar refractivity (Wildman–Crippen MR) is 88.5 cm³/mol. The van der Waals surface area contributed by atoms with Gasteiger partial charge in [-0.2, -0.15) is 0 Å². The number of halogens is 3. The number of carboxylic acids is 1. The Balaban J connectivity index is 0. The number of hydrogen-bond donors (Lipinski definition) is 2. The summed E-state index contributed by atoms with van der Waals surface area (Å²) in [5.41, 5.74) is 7.79. The molecule has 0 bridgehead atoms. The van der Waals surface area contributed by atoms with Gasteiger partial charge in [0.2, 0.25) is 0 Å². The predicted octanol–water partition coefficient (Wildman–Crippen LogP) is 2.36. The van der Waals surface area contributed by atoms with Crippen LogP contribution in [0.3, 0.4) is 0 Å². The SMILES string of the molecule is Cl.Cl.Cl.N[C@H](Cc1ccc(-c2ccccn2)nc1)C(=O)O. The maximum absolute atomic E-state index is 10.6. The minimum absolute atomic E-state index is 0. The molecule has 0 aromatic carbocycles. The van der Waals surface area contributed by atoms with Gasteiger partial charge in [0.05, 0.1) is 11.4 Å². The molecule has 0 saturated heterocycles. The lowest BCUT2D eigenvalue weighted by molar-refractivity contribution is -0.138. The molecule has 0 unspecified atom stereocenters. The van der Waals surface area contributed by atoms with Crippen LogP contribution in [0, 0.1) is 0 Å². The van der Waals surface area contributed by atoms with E-state index < -0.39 is 12.0 Å². The van der Waals surface area contributed by atoms with Crippen molar-refractivity contribution < 1.29 is 9.90 Å². The summed E-state index contributed by atoms with van der Waals surface area (Å²) in [4.78, 5) is 19.1. The second-order valence-electron chi connectivity index (χ2n) is 3.92. The standard InChI is InChI=1S/C13H13N3O2.3ClH/c14-10(13(17)18)7-9-4-5-12(16-8-9)11-3-1-2-6-15-11;;;/h1-6,8,10H,7,14H2,(H,17,18);3*1H/t10-;;;/m1.../s1. The molecule has 2 aromatic rings. The van der Waals surface area contributed by atoms with Gasteiger partial charge in [0.1, 0.15) is 6.04 Å². The number of nitrogens with two attached hydrogens (primary N) is 1. The van der Waals surface area contributed by atoms with E-state index in [2.05, 4.69) is 9.97 Å². The Kier molecular flexibility index (Phi) is 10.8. The molecular formula is C13H16Cl3N3O2. The lowest BCUT2D eigenvalue weighted by atomic mass is 10.1. The third-order valence-corrected chi connectivity index (χ3v) is 2.52. The quantitative estimate of drug-likeness (QED) is 0.881. The lowest BCUT2D eigenvalue weighted by Gasteiger charge is -2.06. The molecule has 0 saturated carbocycles. The Morgan fingerprint density at radius 1 is 1.10 bits per heavy atom. The molecule has 0 radical (unpaired) electrons. The zero-order valence-corrected chi connectivity index (χ0v) is 13.3. The molecule has 5 nitrogen and oxygen atoms in total. The largest absolute Gasteiger partial charge is 0.480 e. The molecule has 21 heavy (non-hydrogen) atoms. The molecule has 0 aliphatic rings. The van der Waals surface area contributed by atoms with Crippen LogP contribution < -0.4 is 5.73 Å². The van der Waals surface area contributed by atoms with Crippen molar-refractivity contribution in [1.82, 2.24) is 9.97 Å². The van der Waals surface area contributed by atoms with Crippen LogP contribution in [0.1, 0.15) is 5.56 Å². The summed E-state index contributed by atoms with van der Waals surface area (Å²) in [6.45, 7) is 0. The van der Waals surface area contributed by atoms with Crippen molar-refractivity contribution in [3.05, 3.63) is 48.3 Å². The Labute approximate surface area is 141 Å². The van der Waals surface area contributed by atoms with Gasteiger partial charge >= 0.3 is 5.97 Å². The second kappa shape index (κ2) is 10.3. The van der Waals surface area contributed by atoms with E-state index in [0.29, 0.717) is 0 Å². The topological polar surface area (TPSA) is 89.1 Å². The summed E-state index contributed by atoms with van der Waals surface area (Å²) in [6, 6.07) is 8.33. The van der Waals surface area contributed by atoms with Crippen molar-refractivity contribution in [1.29, 1.82) is 0 Å². The zero-order valence-electron chi connectivity index (χ0n) is 10.9. The van der Waals surface area contributed by atoms with Crippen LogP contribution in [-0.2, 0) is 11.2 Å². The van der Waals surface area contributed by atoms with Crippen molar-refractivity contribution in [2.24, 2.45) is 5.73 Å². The summed E-state index contributed by atoms with van der Waals surface area (Å²) in [6.07, 6.45) is 3.60. The maximum atomic E-state index is 10.6. The molecule has 1 atom stereocenters. The number of aliphatic carboxylic acids is 1. The fourth-order valence-corrected chi connectivity index (χ4v) is 1.55. The van der Waals surface area contributed by atoms with Crippen molar-refractivity contribution in [3.8, 4) is 11.4 Å². The molecule has 3 N–H and O–H groups in total. The highest BCUT2D eigenvalue weighted by Crippen LogP contribution is 2.13. The van der Waals surface area contributed by atoms with Crippen LogP contribution in [0.4, 0.5) is 0 Å². The highest BCUT2D eigenvalue weighted by molar-refractivity contribution is 5.86. The van der Waals surface area contributed by atoms with Crippen molar-refractivity contribution in [2.45, 2.75) is 12.5 Å². The van der Waals surface area contributed by atoms with Gasteiger partial charge in [-0.25, -0.2) is 0 Å². The van der Waals surface area contributed by atoms with Gasteiger partial charge in [-0.3, -0.25) is 14.8 Å². The van der Waals surface area contributed by atoms with E-state index in [1.54, 1.807) is 12.4 Å². The van der Waals surface area contributed by atoms with E-state index in [-0.39, 0.29) is 43.6 Å². The summed E-state index contributed by atoms with van der Waals surface area (Å²) >= 11 is 0. The van der Waals surface area contributed by atoms with Crippen molar-refractivity contribution >= 4 is 43.2 Å². The Morgan fingerprint density at radius 3 is 2.24 bits per heavy atom. The van der Waals surface area contributed by atoms with Crippen molar-refractivity contribution in [3.63, 3.8) is 0 Å². The van der Waals surface area contributed by atoms with Gasteiger partial charge in [-0.1, -0.05) is 12.1 Å². The fraction of sp³-hybridized carbons (Fsp3) is 0.154. The molecule has 0 spiro atoms. The molecule has 116 valence electrons. The van der Waals surface area contributed by atoms with E-state index in [9.17, 15) is 4.79 Å². The van der Waals surface area contributed by atoms with Gasteiger partial charge in [-0.05, 0) is 30.2 Å². The number of carbonyl (C=O) groups is 1. The first kappa shape index (κ1) is 21.9. The first-order chi connectivity index (χ1) is 8.66. The number of hydrogen-bond acceptors (Lipinski definition) is 4. The van der Waals surface area contributed by atoms with Crippen LogP contribution in [0.25, 0.3) is 11.4 Å². The number of aromatic nitrogens is 2. The summed E-state index contributed by atoms with van der Waals surface area (Å²) in [5.74, 6) is -1.01. The van der Waals surface area contributed by atoms with Crippen LogP contribution >= 0.6 is 37.2 Å². The molecule has 2 aromatic heterocycles. The van der Waals surface area contributed by atoms with Gasteiger partial charge < -0.3 is 10.8 Å². The zero-order chi connectivity index (χ0) is 13.0. The average molecular weight is 353 g/mol. The highest BCUT2D eigenvalue weighted by atomic mass is 35.5. The van der Waals surface area contributed by atoms with E-state index in [1.165, 1.54) is 0 Å². The van der Waals surface area contributed by atoms with E-state index >= 15 is 0 Å². The van der Waals surface area contributed by atoms with Crippen LogP contribution in [0.5, 0.6) is 0 Å². The van der Waals surface area contributed by atoms with Crippen LogP contribution in [-0.4, -0.2) is 27.1 Å². The molecule has 0 fully saturated rings. The van der Waals surface area contributed by atoms with Gasteiger partial charge in [0, 0.05) is 12.4 Å². The Hall–Kier alpha value is -1.40. The lowest BCUT2D eigenvalue weighted by Crippen LogP contribution is -2.32. The van der Waals surface area contributed by atoms with E-state index in [1.807, 2.05) is 30.3 Å².